The highest BCUT2D eigenvalue weighted by atomic mass is 19.4. The van der Waals surface area contributed by atoms with Crippen molar-refractivity contribution < 1.29 is 18.0 Å². The van der Waals surface area contributed by atoms with E-state index < -0.39 is 17.6 Å². The summed E-state index contributed by atoms with van der Waals surface area (Å²) < 4.78 is 38.8. The fourth-order valence-electron chi connectivity index (χ4n) is 4.31. The number of halogens is 3. The number of piperidine rings is 1. The number of hydrogen-bond acceptors (Lipinski definition) is 3. The Hall–Kier alpha value is -2.38. The smallest absolute Gasteiger partial charge is 0.311 e. The number of benzene rings is 2. The van der Waals surface area contributed by atoms with E-state index in [0.29, 0.717) is 23.7 Å². The fourth-order valence-corrected chi connectivity index (χ4v) is 4.31. The Morgan fingerprint density at radius 1 is 1.10 bits per heavy atom. The molecule has 0 spiro atoms. The van der Waals surface area contributed by atoms with Crippen LogP contribution in [0.2, 0.25) is 0 Å². The number of rotatable bonds is 5. The van der Waals surface area contributed by atoms with E-state index >= 15 is 0 Å². The van der Waals surface area contributed by atoms with Crippen LogP contribution in [0.15, 0.2) is 48.5 Å². The van der Waals surface area contributed by atoms with Crippen LogP contribution in [0.3, 0.4) is 0 Å². The van der Waals surface area contributed by atoms with Crippen LogP contribution in [0, 0.1) is 0 Å². The second kappa shape index (κ2) is 8.63. The number of anilines is 1. The van der Waals surface area contributed by atoms with Crippen LogP contribution in [0.5, 0.6) is 0 Å². The summed E-state index contributed by atoms with van der Waals surface area (Å²) in [5, 5.41) is 3.77. The molecule has 166 valence electrons. The van der Waals surface area contributed by atoms with Gasteiger partial charge in [0.15, 0.2) is 0 Å². The Kier molecular flexibility index (Phi) is 6.08. The van der Waals surface area contributed by atoms with E-state index in [0.717, 1.165) is 31.6 Å². The van der Waals surface area contributed by atoms with Crippen molar-refractivity contribution in [3.8, 4) is 0 Å². The maximum absolute atomic E-state index is 12.9. The first kappa shape index (κ1) is 21.8. The first-order valence-corrected chi connectivity index (χ1v) is 10.7. The summed E-state index contributed by atoms with van der Waals surface area (Å²) in [6.45, 7) is 2.27. The molecule has 4 rings (SSSR count). The molecule has 7 heteroatoms. The van der Waals surface area contributed by atoms with Gasteiger partial charge in [0.1, 0.15) is 0 Å². The van der Waals surface area contributed by atoms with E-state index in [2.05, 4.69) is 17.3 Å². The lowest BCUT2D eigenvalue weighted by Gasteiger charge is -2.29. The van der Waals surface area contributed by atoms with Crippen molar-refractivity contribution in [3.63, 3.8) is 0 Å². The van der Waals surface area contributed by atoms with Crippen molar-refractivity contribution in [3.05, 3.63) is 65.2 Å². The lowest BCUT2D eigenvalue weighted by Crippen LogP contribution is -2.42. The molecule has 2 aromatic carbocycles. The normalized spacial score (nSPS) is 22.4. The van der Waals surface area contributed by atoms with Crippen LogP contribution >= 0.6 is 0 Å². The van der Waals surface area contributed by atoms with Crippen LogP contribution in [0.4, 0.5) is 18.9 Å². The summed E-state index contributed by atoms with van der Waals surface area (Å²) in [4.78, 5) is 16.4. The average molecular weight is 432 g/mol. The topological polar surface area (TPSA) is 35.6 Å². The van der Waals surface area contributed by atoms with Gasteiger partial charge >= 0.3 is 6.18 Å². The van der Waals surface area contributed by atoms with Gasteiger partial charge in [-0.1, -0.05) is 18.2 Å². The highest BCUT2D eigenvalue weighted by Crippen LogP contribution is 2.42. The number of hydrogen-bond donors (Lipinski definition) is 1. The van der Waals surface area contributed by atoms with Gasteiger partial charge in [-0.05, 0) is 75.3 Å². The molecule has 4 nitrogen and oxygen atoms in total. The molecule has 1 aliphatic carbocycles. The molecule has 1 heterocycles. The second-order valence-electron chi connectivity index (χ2n) is 8.73. The fraction of sp³-hybridized carbons (Fsp3) is 0.458. The van der Waals surface area contributed by atoms with E-state index in [9.17, 15) is 18.0 Å². The lowest BCUT2D eigenvalue weighted by molar-refractivity contribution is -0.137. The molecule has 2 aliphatic rings. The number of carbonyl (C=O) groups excluding carboxylic acids is 1. The number of amides is 1. The van der Waals surface area contributed by atoms with Crippen molar-refractivity contribution >= 4 is 11.6 Å². The van der Waals surface area contributed by atoms with Gasteiger partial charge in [0.05, 0.1) is 5.56 Å². The van der Waals surface area contributed by atoms with Gasteiger partial charge in [-0.3, -0.25) is 4.79 Å². The molecule has 1 saturated carbocycles. The summed E-state index contributed by atoms with van der Waals surface area (Å²) >= 11 is 0. The average Bonchev–Trinajstić information content (AvgIpc) is 3.53. The minimum atomic E-state index is -4.47. The van der Waals surface area contributed by atoms with Crippen LogP contribution in [-0.4, -0.2) is 50.1 Å². The van der Waals surface area contributed by atoms with E-state index in [4.69, 9.17) is 0 Å². The Morgan fingerprint density at radius 2 is 1.77 bits per heavy atom. The van der Waals surface area contributed by atoms with Crippen LogP contribution in [0.25, 0.3) is 0 Å². The zero-order valence-corrected chi connectivity index (χ0v) is 17.8. The number of alkyl halides is 3. The Balaban J connectivity index is 1.37. The van der Waals surface area contributed by atoms with E-state index in [1.807, 2.05) is 24.3 Å². The summed E-state index contributed by atoms with van der Waals surface area (Å²) in [5.41, 5.74) is 1.09. The molecule has 2 atom stereocenters. The lowest BCUT2D eigenvalue weighted by atomic mass is 10.0. The maximum atomic E-state index is 12.9. The van der Waals surface area contributed by atoms with Crippen molar-refractivity contribution in [2.24, 2.45) is 0 Å². The van der Waals surface area contributed by atoms with E-state index in [1.54, 1.807) is 7.05 Å². The van der Waals surface area contributed by atoms with Crippen molar-refractivity contribution in [2.45, 2.75) is 43.4 Å². The van der Waals surface area contributed by atoms with Crippen molar-refractivity contribution in [1.82, 2.24) is 10.2 Å². The first-order chi connectivity index (χ1) is 14.7. The molecule has 1 aliphatic heterocycles. The van der Waals surface area contributed by atoms with Gasteiger partial charge < -0.3 is 15.1 Å². The third kappa shape index (κ3) is 5.10. The summed E-state index contributed by atoms with van der Waals surface area (Å²) in [6.07, 6.45) is -0.994. The standard InChI is InChI=1S/C24H28F3N3O/c1-29-12-10-19(11-13-29)28-22-15-21(22)16-6-8-20(9-7-16)30(2)23(31)17-4-3-5-18(14-17)24(25,26)27/h3-9,14,19,21-22,28H,10-13,15H2,1-2H3/t21-,22+/m0/s1. The first-order valence-electron chi connectivity index (χ1n) is 10.7. The minimum absolute atomic E-state index is 0.0194. The Morgan fingerprint density at radius 3 is 2.42 bits per heavy atom. The minimum Gasteiger partial charge on any atom is -0.311 e. The molecule has 1 saturated heterocycles. The molecule has 0 bridgehead atoms. The number of likely N-dealkylation sites (tertiary alicyclic amines) is 1. The van der Waals surface area contributed by atoms with Crippen molar-refractivity contribution in [1.29, 1.82) is 0 Å². The third-order valence-electron chi connectivity index (χ3n) is 6.41. The molecular weight excluding hydrogens is 403 g/mol. The van der Waals surface area contributed by atoms with Gasteiger partial charge in [0.25, 0.3) is 5.91 Å². The van der Waals surface area contributed by atoms with Crippen LogP contribution in [-0.2, 0) is 6.18 Å². The molecule has 1 N–H and O–H groups in total. The van der Waals surface area contributed by atoms with Gasteiger partial charge in [-0.2, -0.15) is 13.2 Å². The zero-order chi connectivity index (χ0) is 22.2. The molecular formula is C24H28F3N3O. The molecule has 31 heavy (non-hydrogen) atoms. The molecule has 0 unspecified atom stereocenters. The van der Waals surface area contributed by atoms with E-state index in [-0.39, 0.29) is 5.56 Å². The van der Waals surface area contributed by atoms with Crippen LogP contribution < -0.4 is 10.2 Å². The molecule has 1 amide bonds. The predicted molar refractivity (Wildman–Crippen MR) is 115 cm³/mol. The summed E-state index contributed by atoms with van der Waals surface area (Å²) in [5.74, 6) is 0.0188. The Labute approximate surface area is 181 Å². The predicted octanol–water partition coefficient (Wildman–Crippen LogP) is 4.52. The van der Waals surface area contributed by atoms with Gasteiger partial charge in [0, 0.05) is 36.3 Å². The highest BCUT2D eigenvalue weighted by molar-refractivity contribution is 6.05. The number of carbonyl (C=O) groups is 1. The molecule has 0 aromatic heterocycles. The molecule has 2 aromatic rings. The van der Waals surface area contributed by atoms with Gasteiger partial charge in [-0.25, -0.2) is 0 Å². The SMILES string of the molecule is CN1CCC(N[C@@H]2C[C@H]2c2ccc(N(C)C(=O)c3cccc(C(F)(F)F)c3)cc2)CC1. The number of nitrogens with zero attached hydrogens (tertiary/aromatic N) is 2. The van der Waals surface area contributed by atoms with E-state index in [1.165, 1.54) is 35.4 Å². The second-order valence-corrected chi connectivity index (χ2v) is 8.73. The molecule has 2 fully saturated rings. The summed E-state index contributed by atoms with van der Waals surface area (Å²) in [6, 6.07) is 13.4. The number of nitrogens with one attached hydrogen (secondary N) is 1. The van der Waals surface area contributed by atoms with Crippen molar-refractivity contribution in [2.75, 3.05) is 32.1 Å². The van der Waals surface area contributed by atoms with Gasteiger partial charge in [-0.15, -0.1) is 0 Å². The highest BCUT2D eigenvalue weighted by Gasteiger charge is 2.39. The quantitative estimate of drug-likeness (QED) is 0.756. The zero-order valence-electron chi connectivity index (χ0n) is 17.8. The maximum Gasteiger partial charge on any atom is 0.416 e. The van der Waals surface area contributed by atoms with Gasteiger partial charge in [0.2, 0.25) is 0 Å². The summed E-state index contributed by atoms with van der Waals surface area (Å²) in [7, 11) is 3.74. The monoisotopic (exact) mass is 431 g/mol. The largest absolute Gasteiger partial charge is 0.416 e. The van der Waals surface area contributed by atoms with Crippen LogP contribution in [0.1, 0.15) is 46.7 Å². The molecule has 0 radical (unpaired) electrons. The third-order valence-corrected chi connectivity index (χ3v) is 6.41. The Bertz CT molecular complexity index is 920.